The second kappa shape index (κ2) is 12.4. The molecule has 184 valence electrons. The van der Waals surface area contributed by atoms with Gasteiger partial charge in [0.2, 0.25) is 5.91 Å². The normalized spacial score (nSPS) is 10.4. The summed E-state index contributed by atoms with van der Waals surface area (Å²) in [5, 5.41) is 12.1. The number of para-hydroxylation sites is 3. The van der Waals surface area contributed by atoms with Crippen LogP contribution < -0.4 is 25.4 Å². The van der Waals surface area contributed by atoms with Crippen LogP contribution >= 0.6 is 35.3 Å². The first-order valence-electron chi connectivity index (χ1n) is 10.9. The number of nitrogens with zero attached hydrogens (tertiary/aromatic N) is 1. The summed E-state index contributed by atoms with van der Waals surface area (Å²) in [5.74, 6) is 1.55. The van der Waals surface area contributed by atoms with Crippen molar-refractivity contribution in [3.63, 3.8) is 0 Å². The molecular weight excluding hydrogens is 513 g/mol. The van der Waals surface area contributed by atoms with Crippen molar-refractivity contribution in [1.82, 2.24) is 4.98 Å². The van der Waals surface area contributed by atoms with Crippen molar-refractivity contribution >= 4 is 62.8 Å². The SMILES string of the molecule is COc1ccccc1NC(=S)Nc1cccc(SCC(=O)Nc2nc(-c3ccccc3OC)cs2)c1. The number of rotatable bonds is 9. The smallest absolute Gasteiger partial charge is 0.236 e. The van der Waals surface area contributed by atoms with Crippen molar-refractivity contribution in [3.05, 3.63) is 78.2 Å². The zero-order valence-electron chi connectivity index (χ0n) is 19.6. The number of thiazole rings is 1. The Kier molecular flexibility index (Phi) is 8.77. The molecule has 4 aromatic rings. The van der Waals surface area contributed by atoms with Gasteiger partial charge in [-0.3, -0.25) is 4.79 Å². The van der Waals surface area contributed by atoms with Gasteiger partial charge in [-0.1, -0.05) is 30.3 Å². The molecule has 0 atom stereocenters. The first-order valence-corrected chi connectivity index (χ1v) is 13.2. The fraction of sp³-hybridized carbons (Fsp3) is 0.115. The Labute approximate surface area is 223 Å². The van der Waals surface area contributed by atoms with Crippen molar-refractivity contribution in [2.75, 3.05) is 35.9 Å². The van der Waals surface area contributed by atoms with Gasteiger partial charge in [-0.2, -0.15) is 0 Å². The number of carbonyl (C=O) groups excluding carboxylic acids is 1. The Balaban J connectivity index is 1.30. The Morgan fingerprint density at radius 2 is 1.69 bits per heavy atom. The molecule has 1 amide bonds. The Hall–Kier alpha value is -3.60. The topological polar surface area (TPSA) is 84.5 Å². The van der Waals surface area contributed by atoms with E-state index in [0.717, 1.165) is 33.3 Å². The van der Waals surface area contributed by atoms with Gasteiger partial charge in [0.25, 0.3) is 0 Å². The number of thioether (sulfide) groups is 1. The lowest BCUT2D eigenvalue weighted by Gasteiger charge is -2.13. The van der Waals surface area contributed by atoms with E-state index in [2.05, 4.69) is 20.9 Å². The Morgan fingerprint density at radius 3 is 2.50 bits per heavy atom. The van der Waals surface area contributed by atoms with Crippen LogP contribution in [0.2, 0.25) is 0 Å². The zero-order chi connectivity index (χ0) is 25.3. The summed E-state index contributed by atoms with van der Waals surface area (Å²) in [5.41, 5.74) is 3.23. The van der Waals surface area contributed by atoms with Gasteiger partial charge in [0.1, 0.15) is 11.5 Å². The highest BCUT2D eigenvalue weighted by Gasteiger charge is 2.12. The number of methoxy groups -OCH3 is 2. The minimum absolute atomic E-state index is 0.132. The predicted octanol–water partition coefficient (Wildman–Crippen LogP) is 6.37. The van der Waals surface area contributed by atoms with E-state index in [4.69, 9.17) is 21.7 Å². The molecule has 0 unspecified atom stereocenters. The first kappa shape index (κ1) is 25.5. The lowest BCUT2D eigenvalue weighted by atomic mass is 10.1. The van der Waals surface area contributed by atoms with E-state index in [1.54, 1.807) is 14.2 Å². The highest BCUT2D eigenvalue weighted by molar-refractivity contribution is 8.00. The van der Waals surface area contributed by atoms with E-state index in [0.29, 0.717) is 16.0 Å². The maximum Gasteiger partial charge on any atom is 0.236 e. The van der Waals surface area contributed by atoms with Gasteiger partial charge in [-0.05, 0) is 54.7 Å². The molecule has 4 rings (SSSR count). The summed E-state index contributed by atoms with van der Waals surface area (Å²) in [7, 11) is 3.24. The Bertz CT molecular complexity index is 1360. The van der Waals surface area contributed by atoms with E-state index < -0.39 is 0 Å². The van der Waals surface area contributed by atoms with Crippen LogP contribution in [0.15, 0.2) is 83.1 Å². The molecule has 0 radical (unpaired) electrons. The number of hydrogen-bond acceptors (Lipinski definition) is 7. The van der Waals surface area contributed by atoms with Gasteiger partial charge >= 0.3 is 0 Å². The van der Waals surface area contributed by atoms with Crippen LogP contribution in [-0.2, 0) is 4.79 Å². The summed E-state index contributed by atoms with van der Waals surface area (Å²) >= 11 is 8.25. The van der Waals surface area contributed by atoms with Crippen molar-refractivity contribution in [2.45, 2.75) is 4.90 Å². The van der Waals surface area contributed by atoms with Gasteiger partial charge in [-0.25, -0.2) is 4.98 Å². The number of carbonyl (C=O) groups is 1. The number of aromatic nitrogens is 1. The third-order valence-corrected chi connectivity index (χ3v) is 6.91. The molecule has 3 aromatic carbocycles. The number of anilines is 3. The lowest BCUT2D eigenvalue weighted by molar-refractivity contribution is -0.113. The number of thiocarbonyl (C=S) groups is 1. The first-order chi connectivity index (χ1) is 17.6. The van der Waals surface area contributed by atoms with Crippen LogP contribution in [0.3, 0.4) is 0 Å². The predicted molar refractivity (Wildman–Crippen MR) is 153 cm³/mol. The minimum Gasteiger partial charge on any atom is -0.496 e. The average molecular weight is 537 g/mol. The van der Waals surface area contributed by atoms with Crippen LogP contribution in [0.25, 0.3) is 11.3 Å². The summed E-state index contributed by atoms with van der Waals surface area (Å²) in [6.07, 6.45) is 0. The standard InChI is InChI=1S/C26H24N4O3S3/c1-32-22-12-5-3-10-19(22)21-15-36-26(29-21)30-24(31)16-35-18-9-7-8-17(14-18)27-25(34)28-20-11-4-6-13-23(20)33-2/h3-15H,16H2,1-2H3,(H2,27,28,34)(H,29,30,31). The van der Waals surface area contributed by atoms with Crippen molar-refractivity contribution < 1.29 is 14.3 Å². The fourth-order valence-electron chi connectivity index (χ4n) is 3.31. The maximum absolute atomic E-state index is 12.5. The van der Waals surface area contributed by atoms with Crippen LogP contribution in [0, 0.1) is 0 Å². The van der Waals surface area contributed by atoms with Gasteiger partial charge < -0.3 is 25.4 Å². The average Bonchev–Trinajstić information content (AvgIpc) is 3.36. The molecule has 0 saturated carbocycles. The molecule has 0 bridgehead atoms. The number of hydrogen-bond donors (Lipinski definition) is 3. The molecule has 7 nitrogen and oxygen atoms in total. The molecule has 36 heavy (non-hydrogen) atoms. The number of ether oxygens (including phenoxy) is 2. The van der Waals surface area contributed by atoms with E-state index in [-0.39, 0.29) is 11.7 Å². The molecule has 1 heterocycles. The summed E-state index contributed by atoms with van der Waals surface area (Å²) in [6, 6.07) is 22.9. The van der Waals surface area contributed by atoms with Gasteiger partial charge in [0.15, 0.2) is 10.2 Å². The number of nitrogens with one attached hydrogen (secondary N) is 3. The van der Waals surface area contributed by atoms with Crippen LogP contribution in [0.1, 0.15) is 0 Å². The second-order valence-electron chi connectivity index (χ2n) is 7.38. The summed E-state index contributed by atoms with van der Waals surface area (Å²) < 4.78 is 10.7. The molecule has 1 aromatic heterocycles. The van der Waals surface area contributed by atoms with Crippen molar-refractivity contribution in [3.8, 4) is 22.8 Å². The van der Waals surface area contributed by atoms with Crippen LogP contribution in [0.4, 0.5) is 16.5 Å². The molecule has 10 heteroatoms. The van der Waals surface area contributed by atoms with Gasteiger partial charge in [-0.15, -0.1) is 23.1 Å². The maximum atomic E-state index is 12.5. The van der Waals surface area contributed by atoms with E-state index in [9.17, 15) is 4.79 Å². The molecule has 0 spiro atoms. The van der Waals surface area contributed by atoms with E-state index >= 15 is 0 Å². The third-order valence-electron chi connectivity index (χ3n) is 4.95. The highest BCUT2D eigenvalue weighted by Crippen LogP contribution is 2.32. The molecule has 0 fully saturated rings. The molecule has 0 aliphatic heterocycles. The minimum atomic E-state index is -0.132. The van der Waals surface area contributed by atoms with Crippen molar-refractivity contribution in [2.24, 2.45) is 0 Å². The summed E-state index contributed by atoms with van der Waals surface area (Å²) in [6.45, 7) is 0. The highest BCUT2D eigenvalue weighted by atomic mass is 32.2. The lowest BCUT2D eigenvalue weighted by Crippen LogP contribution is -2.19. The van der Waals surface area contributed by atoms with E-state index in [1.807, 2.05) is 78.2 Å². The quantitative estimate of drug-likeness (QED) is 0.168. The molecule has 0 aliphatic rings. The third kappa shape index (κ3) is 6.75. The van der Waals surface area contributed by atoms with E-state index in [1.165, 1.54) is 23.1 Å². The summed E-state index contributed by atoms with van der Waals surface area (Å²) in [4.78, 5) is 18.0. The van der Waals surface area contributed by atoms with Crippen molar-refractivity contribution in [1.29, 1.82) is 0 Å². The largest absolute Gasteiger partial charge is 0.496 e. The van der Waals surface area contributed by atoms with Gasteiger partial charge in [0.05, 0.1) is 31.4 Å². The number of benzene rings is 3. The second-order valence-corrected chi connectivity index (χ2v) is 9.70. The van der Waals surface area contributed by atoms with Gasteiger partial charge in [0, 0.05) is 21.5 Å². The number of amides is 1. The van der Waals surface area contributed by atoms with Crippen LogP contribution in [-0.4, -0.2) is 36.0 Å². The zero-order valence-corrected chi connectivity index (χ0v) is 22.1. The molecule has 3 N–H and O–H groups in total. The monoisotopic (exact) mass is 536 g/mol. The molecular formula is C26H24N4O3S3. The fourth-order valence-corrected chi connectivity index (χ4v) is 5.02. The Morgan fingerprint density at radius 1 is 0.944 bits per heavy atom. The van der Waals surface area contributed by atoms with Crippen LogP contribution in [0.5, 0.6) is 11.5 Å². The molecule has 0 saturated heterocycles. The molecule has 0 aliphatic carbocycles.